The molecule has 0 N–H and O–H groups in total. The van der Waals surface area contributed by atoms with E-state index in [0.29, 0.717) is 0 Å². The fraction of sp³-hybridized carbons (Fsp3) is 0.304. The van der Waals surface area contributed by atoms with Crippen molar-refractivity contribution < 1.29 is 0 Å². The van der Waals surface area contributed by atoms with Gasteiger partial charge < -0.3 is 9.80 Å². The summed E-state index contributed by atoms with van der Waals surface area (Å²) in [5.41, 5.74) is 7.73. The summed E-state index contributed by atoms with van der Waals surface area (Å²) in [6.45, 7) is 4.53. The molecule has 0 fully saturated rings. The van der Waals surface area contributed by atoms with E-state index in [9.17, 15) is 0 Å². The van der Waals surface area contributed by atoms with E-state index >= 15 is 0 Å². The van der Waals surface area contributed by atoms with Gasteiger partial charge in [-0.1, -0.05) is 50.3 Å². The summed E-state index contributed by atoms with van der Waals surface area (Å²) in [5.74, 6) is 0. The summed E-state index contributed by atoms with van der Waals surface area (Å²) in [7, 11) is 8.30. The molecule has 0 saturated heterocycles. The lowest BCUT2D eigenvalue weighted by atomic mass is 9.94. The van der Waals surface area contributed by atoms with E-state index in [-0.39, 0.29) is 5.41 Å². The lowest BCUT2D eigenvalue weighted by molar-refractivity contribution is 0.638. The van der Waals surface area contributed by atoms with Crippen molar-refractivity contribution in [3.63, 3.8) is 0 Å². The molecular weight excluding hydrogens is 304 g/mol. The van der Waals surface area contributed by atoms with Crippen molar-refractivity contribution in [2.24, 2.45) is 5.41 Å². The van der Waals surface area contributed by atoms with Crippen LogP contribution in [-0.2, 0) is 0 Å². The zero-order chi connectivity index (χ0) is 18.2. The van der Waals surface area contributed by atoms with Crippen LogP contribution in [0.4, 0.5) is 11.4 Å². The van der Waals surface area contributed by atoms with Crippen molar-refractivity contribution in [1.29, 1.82) is 0 Å². The maximum Gasteiger partial charge on any atom is 0.0361 e. The van der Waals surface area contributed by atoms with Gasteiger partial charge in [0.1, 0.15) is 0 Å². The van der Waals surface area contributed by atoms with Gasteiger partial charge in [-0.25, -0.2) is 0 Å². The third-order valence-electron chi connectivity index (χ3n) is 4.71. The Labute approximate surface area is 152 Å². The predicted molar refractivity (Wildman–Crippen MR) is 111 cm³/mol. The Kier molecular flexibility index (Phi) is 4.47. The van der Waals surface area contributed by atoms with Gasteiger partial charge in [0.15, 0.2) is 0 Å². The molecule has 0 atom stereocenters. The van der Waals surface area contributed by atoms with Crippen LogP contribution in [-0.4, -0.2) is 28.2 Å². The normalized spacial score (nSPS) is 15.6. The van der Waals surface area contributed by atoms with Crippen LogP contribution in [0.2, 0.25) is 0 Å². The molecular formula is C23H28N2. The van der Waals surface area contributed by atoms with Crippen molar-refractivity contribution >= 4 is 22.5 Å². The lowest BCUT2D eigenvalue weighted by Gasteiger charge is -2.16. The highest BCUT2D eigenvalue weighted by atomic mass is 15.1. The number of allylic oxidation sites excluding steroid dienone is 4. The van der Waals surface area contributed by atoms with Crippen molar-refractivity contribution in [1.82, 2.24) is 0 Å². The minimum Gasteiger partial charge on any atom is -0.378 e. The van der Waals surface area contributed by atoms with Crippen LogP contribution in [0.15, 0.2) is 60.7 Å². The van der Waals surface area contributed by atoms with Gasteiger partial charge in [-0.2, -0.15) is 0 Å². The molecule has 25 heavy (non-hydrogen) atoms. The van der Waals surface area contributed by atoms with Gasteiger partial charge in [0.2, 0.25) is 0 Å². The van der Waals surface area contributed by atoms with Crippen LogP contribution in [0.5, 0.6) is 0 Å². The second-order valence-corrected chi connectivity index (χ2v) is 7.82. The van der Waals surface area contributed by atoms with Crippen LogP contribution >= 0.6 is 0 Å². The van der Waals surface area contributed by atoms with Gasteiger partial charge in [0, 0.05) is 45.0 Å². The summed E-state index contributed by atoms with van der Waals surface area (Å²) in [5, 5.41) is 0. The van der Waals surface area contributed by atoms with Gasteiger partial charge in [-0.15, -0.1) is 0 Å². The van der Waals surface area contributed by atoms with E-state index in [4.69, 9.17) is 0 Å². The molecule has 1 aliphatic carbocycles. The molecule has 0 heterocycles. The van der Waals surface area contributed by atoms with Gasteiger partial charge >= 0.3 is 0 Å². The molecule has 0 bridgehead atoms. The molecule has 130 valence electrons. The number of rotatable bonds is 4. The molecule has 0 unspecified atom stereocenters. The third-order valence-corrected chi connectivity index (χ3v) is 4.71. The summed E-state index contributed by atoms with van der Waals surface area (Å²) in [6.07, 6.45) is 4.76. The molecule has 0 amide bonds. The first-order valence-electron chi connectivity index (χ1n) is 8.78. The Morgan fingerprint density at radius 2 is 0.880 bits per heavy atom. The number of hydrogen-bond donors (Lipinski definition) is 0. The standard InChI is InChI=1S/C23H28N2/c1-23(2)15-21(17-7-11-19(12-8-17)24(3)4)22(16-23)18-9-13-20(14-10-18)25(5)6/h7-16H,1-6H3. The molecule has 0 saturated carbocycles. The average Bonchev–Trinajstić information content (AvgIpc) is 2.91. The first-order chi connectivity index (χ1) is 11.8. The molecule has 0 aromatic heterocycles. The fourth-order valence-electron chi connectivity index (χ4n) is 3.30. The maximum absolute atomic E-state index is 2.38. The van der Waals surface area contributed by atoms with Crippen molar-refractivity contribution in [3.8, 4) is 0 Å². The zero-order valence-electron chi connectivity index (χ0n) is 16.2. The van der Waals surface area contributed by atoms with E-state index in [0.717, 1.165) is 0 Å². The van der Waals surface area contributed by atoms with Gasteiger partial charge in [-0.3, -0.25) is 0 Å². The van der Waals surface area contributed by atoms with Gasteiger partial charge in [0.05, 0.1) is 0 Å². The minimum absolute atomic E-state index is 0.0745. The van der Waals surface area contributed by atoms with E-state index in [1.165, 1.54) is 33.6 Å². The van der Waals surface area contributed by atoms with Gasteiger partial charge in [-0.05, 0) is 46.5 Å². The largest absolute Gasteiger partial charge is 0.378 e. The average molecular weight is 332 g/mol. The van der Waals surface area contributed by atoms with E-state index in [2.05, 4.69) is 113 Å². The van der Waals surface area contributed by atoms with Crippen LogP contribution < -0.4 is 9.80 Å². The quantitative estimate of drug-likeness (QED) is 0.747. The van der Waals surface area contributed by atoms with Crippen LogP contribution in [0.25, 0.3) is 11.1 Å². The number of nitrogens with zero attached hydrogens (tertiary/aromatic N) is 2. The fourth-order valence-corrected chi connectivity index (χ4v) is 3.30. The first-order valence-corrected chi connectivity index (χ1v) is 8.78. The molecule has 1 aliphatic rings. The minimum atomic E-state index is 0.0745. The molecule has 0 spiro atoms. The number of anilines is 2. The molecule has 2 nitrogen and oxygen atoms in total. The van der Waals surface area contributed by atoms with Gasteiger partial charge in [0.25, 0.3) is 0 Å². The Balaban J connectivity index is 1.99. The van der Waals surface area contributed by atoms with Crippen molar-refractivity contribution in [2.75, 3.05) is 38.0 Å². The Hall–Kier alpha value is -2.48. The molecule has 2 aromatic rings. The lowest BCUT2D eigenvalue weighted by Crippen LogP contribution is -2.08. The van der Waals surface area contributed by atoms with Crippen LogP contribution in [0.3, 0.4) is 0 Å². The first kappa shape index (κ1) is 17.3. The maximum atomic E-state index is 2.38. The second-order valence-electron chi connectivity index (χ2n) is 7.82. The topological polar surface area (TPSA) is 6.48 Å². The summed E-state index contributed by atoms with van der Waals surface area (Å²) in [4.78, 5) is 4.26. The smallest absolute Gasteiger partial charge is 0.0361 e. The Morgan fingerprint density at radius 3 is 1.16 bits per heavy atom. The molecule has 3 rings (SSSR count). The number of benzene rings is 2. The summed E-state index contributed by atoms with van der Waals surface area (Å²) >= 11 is 0. The molecule has 2 aromatic carbocycles. The van der Waals surface area contributed by atoms with Crippen molar-refractivity contribution in [3.05, 3.63) is 71.8 Å². The predicted octanol–water partition coefficient (Wildman–Crippen LogP) is 5.33. The van der Waals surface area contributed by atoms with Crippen molar-refractivity contribution in [2.45, 2.75) is 13.8 Å². The highest BCUT2D eigenvalue weighted by Crippen LogP contribution is 2.44. The molecule has 0 aliphatic heterocycles. The summed E-state index contributed by atoms with van der Waals surface area (Å²) in [6, 6.07) is 17.7. The Bertz CT molecular complexity index is 735. The van der Waals surface area contributed by atoms with Crippen LogP contribution in [0.1, 0.15) is 25.0 Å². The second kappa shape index (κ2) is 6.44. The monoisotopic (exact) mass is 332 g/mol. The third kappa shape index (κ3) is 3.63. The van der Waals surface area contributed by atoms with E-state index in [1.54, 1.807) is 0 Å². The van der Waals surface area contributed by atoms with E-state index in [1.807, 2.05) is 0 Å². The summed E-state index contributed by atoms with van der Waals surface area (Å²) < 4.78 is 0. The zero-order valence-corrected chi connectivity index (χ0v) is 16.2. The van der Waals surface area contributed by atoms with E-state index < -0.39 is 0 Å². The molecule has 2 heteroatoms. The number of hydrogen-bond acceptors (Lipinski definition) is 2. The SMILES string of the molecule is CN(C)c1ccc(C2=CC(C)(C)C=C2c2ccc(N(C)C)cc2)cc1. The van der Waals surface area contributed by atoms with Crippen LogP contribution in [0, 0.1) is 5.41 Å². The Morgan fingerprint density at radius 1 is 0.560 bits per heavy atom. The molecule has 0 radical (unpaired) electrons. The highest BCUT2D eigenvalue weighted by Gasteiger charge is 2.25. The highest BCUT2D eigenvalue weighted by molar-refractivity contribution is 6.07.